The van der Waals surface area contributed by atoms with Gasteiger partial charge in [0, 0.05) is 0 Å². The van der Waals surface area contributed by atoms with Crippen molar-refractivity contribution in [2.75, 3.05) is 19.8 Å². The number of imide groups is 1. The smallest absolute Gasteiger partial charge is 0.416 e. The van der Waals surface area contributed by atoms with Crippen LogP contribution in [0, 0.1) is 13.8 Å². The van der Waals surface area contributed by atoms with E-state index in [0.29, 0.717) is 11.0 Å². The summed E-state index contributed by atoms with van der Waals surface area (Å²) in [5.41, 5.74) is 3.10. The fourth-order valence-corrected chi connectivity index (χ4v) is 2.27. The number of esters is 1. The number of ether oxygens (including phenoxy) is 2. The third-order valence-electron chi connectivity index (χ3n) is 3.70. The first kappa shape index (κ1) is 15.9. The third kappa shape index (κ3) is 3.03. The summed E-state index contributed by atoms with van der Waals surface area (Å²) in [5, 5.41) is 0. The van der Waals surface area contributed by atoms with E-state index in [1.165, 1.54) is 0 Å². The van der Waals surface area contributed by atoms with Gasteiger partial charge >= 0.3 is 12.1 Å². The largest absolute Gasteiger partial charge is 0.452 e. The first-order chi connectivity index (χ1) is 11.5. The van der Waals surface area contributed by atoms with E-state index in [-0.39, 0.29) is 18.7 Å². The Balaban J connectivity index is 1.70. The topological polar surface area (TPSA) is 98.7 Å². The van der Waals surface area contributed by atoms with Crippen molar-refractivity contribution >= 4 is 29.0 Å². The van der Waals surface area contributed by atoms with Crippen molar-refractivity contribution in [2.24, 2.45) is 0 Å². The number of benzene rings is 1. The van der Waals surface area contributed by atoms with Crippen LogP contribution in [0.4, 0.5) is 4.79 Å². The molecule has 1 aliphatic heterocycles. The minimum Gasteiger partial charge on any atom is -0.452 e. The maximum Gasteiger partial charge on any atom is 0.416 e. The minimum atomic E-state index is -0.720. The molecule has 2 amide bonds. The maximum atomic E-state index is 12.1. The highest BCUT2D eigenvalue weighted by atomic mass is 16.6. The van der Waals surface area contributed by atoms with E-state index >= 15 is 0 Å². The second-order valence-electron chi connectivity index (χ2n) is 5.33. The first-order valence-corrected chi connectivity index (χ1v) is 7.35. The summed E-state index contributed by atoms with van der Waals surface area (Å²) in [7, 11) is 0. The molecule has 1 saturated heterocycles. The Hall–Kier alpha value is -3.03. The average Bonchev–Trinajstić information content (AvgIpc) is 2.99. The lowest BCUT2D eigenvalue weighted by atomic mass is 10.2. The average molecular weight is 329 g/mol. The van der Waals surface area contributed by atoms with Crippen molar-refractivity contribution in [3.8, 4) is 0 Å². The van der Waals surface area contributed by atoms with E-state index in [0.717, 1.165) is 16.3 Å². The summed E-state index contributed by atoms with van der Waals surface area (Å²) in [6.45, 7) is 3.49. The van der Waals surface area contributed by atoms with Gasteiger partial charge in [-0.15, -0.1) is 0 Å². The van der Waals surface area contributed by atoms with Crippen molar-refractivity contribution in [1.82, 2.24) is 14.9 Å². The molecule has 24 heavy (non-hydrogen) atoms. The maximum absolute atomic E-state index is 12.1. The molecule has 0 atom stereocenters. The van der Waals surface area contributed by atoms with Gasteiger partial charge in [0.25, 0.3) is 5.91 Å². The molecular formula is C16H15N3O5. The number of amides is 2. The molecule has 8 nitrogen and oxygen atoms in total. The van der Waals surface area contributed by atoms with Crippen LogP contribution in [0.5, 0.6) is 0 Å². The van der Waals surface area contributed by atoms with Gasteiger partial charge in [-0.25, -0.2) is 24.5 Å². The van der Waals surface area contributed by atoms with Gasteiger partial charge in [0.05, 0.1) is 34.5 Å². The summed E-state index contributed by atoms with van der Waals surface area (Å²) in [6, 6.07) is 4.79. The summed E-state index contributed by atoms with van der Waals surface area (Å²) in [6.07, 6.45) is -0.720. The quantitative estimate of drug-likeness (QED) is 0.784. The lowest BCUT2D eigenvalue weighted by Crippen LogP contribution is -2.35. The van der Waals surface area contributed by atoms with Crippen molar-refractivity contribution in [3.63, 3.8) is 0 Å². The van der Waals surface area contributed by atoms with Gasteiger partial charge in [0.2, 0.25) is 0 Å². The second kappa shape index (κ2) is 6.23. The number of hydrogen-bond acceptors (Lipinski definition) is 7. The number of rotatable bonds is 3. The molecule has 1 aliphatic rings. The molecule has 1 fully saturated rings. The summed E-state index contributed by atoms with van der Waals surface area (Å²) < 4.78 is 9.62. The Morgan fingerprint density at radius 1 is 1.21 bits per heavy atom. The number of cyclic esters (lactones) is 1. The molecule has 3 rings (SSSR count). The van der Waals surface area contributed by atoms with Crippen molar-refractivity contribution < 1.29 is 23.9 Å². The van der Waals surface area contributed by atoms with Crippen LogP contribution in [0.25, 0.3) is 11.0 Å². The van der Waals surface area contributed by atoms with Gasteiger partial charge in [-0.05, 0) is 32.0 Å². The zero-order valence-electron chi connectivity index (χ0n) is 13.2. The standard InChI is InChI=1S/C16H15N3O5/c1-9-10(2)18-13-7-11(3-4-12(13)17-9)15(21)24-8-14(20)19-5-6-23-16(19)22/h3-4,7H,5-6,8H2,1-2H3. The zero-order valence-corrected chi connectivity index (χ0v) is 13.2. The number of fused-ring (bicyclic) bond motifs is 1. The number of carbonyl (C=O) groups is 3. The molecule has 0 unspecified atom stereocenters. The van der Waals surface area contributed by atoms with Crippen LogP contribution in [-0.4, -0.2) is 52.6 Å². The van der Waals surface area contributed by atoms with Gasteiger partial charge in [0.1, 0.15) is 6.61 Å². The van der Waals surface area contributed by atoms with Crippen molar-refractivity contribution in [3.05, 3.63) is 35.2 Å². The molecule has 124 valence electrons. The second-order valence-corrected chi connectivity index (χ2v) is 5.33. The Morgan fingerprint density at radius 3 is 2.58 bits per heavy atom. The summed E-state index contributed by atoms with van der Waals surface area (Å²) >= 11 is 0. The highest BCUT2D eigenvalue weighted by Gasteiger charge is 2.29. The van der Waals surface area contributed by atoms with E-state index in [9.17, 15) is 14.4 Å². The molecule has 0 aliphatic carbocycles. The van der Waals surface area contributed by atoms with Crippen LogP contribution >= 0.6 is 0 Å². The van der Waals surface area contributed by atoms with E-state index in [2.05, 4.69) is 14.7 Å². The van der Waals surface area contributed by atoms with Gasteiger partial charge < -0.3 is 9.47 Å². The van der Waals surface area contributed by atoms with E-state index < -0.39 is 24.6 Å². The van der Waals surface area contributed by atoms with E-state index in [1.54, 1.807) is 18.2 Å². The van der Waals surface area contributed by atoms with Crippen LogP contribution in [0.1, 0.15) is 21.7 Å². The predicted molar refractivity (Wildman–Crippen MR) is 82.4 cm³/mol. The molecule has 2 heterocycles. The SMILES string of the molecule is Cc1nc2ccc(C(=O)OCC(=O)N3CCOC3=O)cc2nc1C. The third-order valence-corrected chi connectivity index (χ3v) is 3.70. The van der Waals surface area contributed by atoms with Crippen molar-refractivity contribution in [2.45, 2.75) is 13.8 Å². The number of nitrogens with zero attached hydrogens (tertiary/aromatic N) is 3. The Bertz CT molecular complexity index is 849. The van der Waals surface area contributed by atoms with Crippen LogP contribution in [0.3, 0.4) is 0 Å². The molecule has 0 bridgehead atoms. The summed E-state index contributed by atoms with van der Waals surface area (Å²) in [5.74, 6) is -1.28. The lowest BCUT2D eigenvalue weighted by Gasteiger charge is -2.11. The molecule has 1 aromatic carbocycles. The predicted octanol–water partition coefficient (Wildman–Crippen LogP) is 1.38. The van der Waals surface area contributed by atoms with Crippen LogP contribution in [-0.2, 0) is 14.3 Å². The lowest BCUT2D eigenvalue weighted by molar-refractivity contribution is -0.131. The Morgan fingerprint density at radius 2 is 1.92 bits per heavy atom. The Kier molecular flexibility index (Phi) is 4.11. The highest BCUT2D eigenvalue weighted by Crippen LogP contribution is 2.15. The molecule has 0 N–H and O–H groups in total. The highest BCUT2D eigenvalue weighted by molar-refractivity contribution is 5.97. The molecule has 0 saturated carbocycles. The molecule has 0 radical (unpaired) electrons. The monoisotopic (exact) mass is 329 g/mol. The fourth-order valence-electron chi connectivity index (χ4n) is 2.27. The Labute approximate surface area is 137 Å². The number of aromatic nitrogens is 2. The number of carbonyl (C=O) groups excluding carboxylic acids is 3. The van der Waals surface area contributed by atoms with Crippen LogP contribution in [0.15, 0.2) is 18.2 Å². The first-order valence-electron chi connectivity index (χ1n) is 7.35. The molecule has 8 heteroatoms. The van der Waals surface area contributed by atoms with Crippen molar-refractivity contribution in [1.29, 1.82) is 0 Å². The van der Waals surface area contributed by atoms with Gasteiger partial charge in [0.15, 0.2) is 6.61 Å². The minimum absolute atomic E-state index is 0.153. The normalized spacial score (nSPS) is 13.9. The molecule has 0 spiro atoms. The molecule has 1 aromatic heterocycles. The molecule has 2 aromatic rings. The zero-order chi connectivity index (χ0) is 17.3. The van der Waals surface area contributed by atoms with Gasteiger partial charge in [-0.3, -0.25) is 4.79 Å². The molecular weight excluding hydrogens is 314 g/mol. The van der Waals surface area contributed by atoms with Crippen LogP contribution in [0.2, 0.25) is 0 Å². The fraction of sp³-hybridized carbons (Fsp3) is 0.312. The van der Waals surface area contributed by atoms with E-state index in [4.69, 9.17) is 4.74 Å². The summed E-state index contributed by atoms with van der Waals surface area (Å²) in [4.78, 5) is 44.8. The number of hydrogen-bond donors (Lipinski definition) is 0. The number of aryl methyl sites for hydroxylation is 2. The van der Waals surface area contributed by atoms with E-state index in [1.807, 2.05) is 13.8 Å². The van der Waals surface area contributed by atoms with Gasteiger partial charge in [-0.2, -0.15) is 0 Å². The van der Waals surface area contributed by atoms with Crippen LogP contribution < -0.4 is 0 Å². The van der Waals surface area contributed by atoms with Gasteiger partial charge in [-0.1, -0.05) is 0 Å².